The average molecular weight is 149 g/mol. The molecular formula is C8H5OS. The molecule has 0 saturated heterocycles. The molecule has 1 aromatic rings. The van der Waals surface area contributed by atoms with Crippen molar-refractivity contribution in [2.45, 2.75) is 4.90 Å². The van der Waals surface area contributed by atoms with E-state index >= 15 is 0 Å². The molecule has 0 N–H and O–H groups in total. The lowest BCUT2D eigenvalue weighted by molar-refractivity contribution is 0.556. The van der Waals surface area contributed by atoms with Crippen LogP contribution in [0.5, 0.6) is 0 Å². The van der Waals surface area contributed by atoms with Gasteiger partial charge in [-0.25, -0.2) is 0 Å². The van der Waals surface area contributed by atoms with Crippen LogP contribution in [0.25, 0.3) is 0 Å². The molecule has 0 aromatic heterocycles. The van der Waals surface area contributed by atoms with Gasteiger partial charge in [0.15, 0.2) is 0 Å². The van der Waals surface area contributed by atoms with Crippen LogP contribution in [0.2, 0.25) is 0 Å². The molecule has 0 atom stereocenters. The molecule has 0 fully saturated rings. The van der Waals surface area contributed by atoms with Crippen LogP contribution >= 0.6 is 12.0 Å². The fourth-order valence-electron chi connectivity index (χ4n) is 0.822. The Morgan fingerprint density at radius 2 is 2.20 bits per heavy atom. The highest BCUT2D eigenvalue weighted by atomic mass is 32.2. The maximum absolute atomic E-state index is 4.98. The third-order valence-corrected chi connectivity index (χ3v) is 2.02. The number of rotatable bonds is 0. The monoisotopic (exact) mass is 149 g/mol. The van der Waals surface area contributed by atoms with Gasteiger partial charge in [0.2, 0.25) is 0 Å². The molecule has 10 heavy (non-hydrogen) atoms. The first-order chi connectivity index (χ1) is 4.97. The zero-order valence-electron chi connectivity index (χ0n) is 5.20. The van der Waals surface area contributed by atoms with Gasteiger partial charge in [-0.15, -0.1) is 0 Å². The van der Waals surface area contributed by atoms with Crippen molar-refractivity contribution in [1.82, 2.24) is 0 Å². The second-order valence-corrected chi connectivity index (χ2v) is 2.74. The zero-order valence-corrected chi connectivity index (χ0v) is 6.02. The standard InChI is InChI=1S/C8H5OS/c1-2-4-8-7(3-1)5-6-9-10-8/h1-4,6H. The molecule has 1 nitrogen and oxygen atoms in total. The molecule has 49 valence electrons. The molecule has 1 radical (unpaired) electrons. The summed E-state index contributed by atoms with van der Waals surface area (Å²) in [6.07, 6.45) is 4.57. The van der Waals surface area contributed by atoms with Gasteiger partial charge in [-0.3, -0.25) is 0 Å². The Labute approximate surface area is 63.9 Å². The van der Waals surface area contributed by atoms with Crippen LogP contribution in [0.4, 0.5) is 0 Å². The molecule has 0 bridgehead atoms. The van der Waals surface area contributed by atoms with Crippen molar-refractivity contribution in [2.75, 3.05) is 0 Å². The normalized spacial score (nSPS) is 14.0. The number of hydrogen-bond donors (Lipinski definition) is 0. The molecule has 1 aliphatic heterocycles. The Hall–Kier alpha value is -0.890. The zero-order chi connectivity index (χ0) is 6.81. The van der Waals surface area contributed by atoms with Crippen LogP contribution in [0.15, 0.2) is 35.4 Å². The molecule has 0 saturated carbocycles. The van der Waals surface area contributed by atoms with Crippen molar-refractivity contribution in [3.8, 4) is 0 Å². The molecule has 0 unspecified atom stereocenters. The Morgan fingerprint density at radius 3 is 3.10 bits per heavy atom. The third-order valence-electron chi connectivity index (χ3n) is 1.29. The molecule has 1 aliphatic rings. The maximum atomic E-state index is 4.98. The van der Waals surface area contributed by atoms with Gasteiger partial charge in [0, 0.05) is 11.6 Å². The van der Waals surface area contributed by atoms with Crippen molar-refractivity contribution in [3.05, 3.63) is 42.2 Å². The highest BCUT2D eigenvalue weighted by Gasteiger charge is 2.03. The van der Waals surface area contributed by atoms with Gasteiger partial charge in [0.25, 0.3) is 0 Å². The van der Waals surface area contributed by atoms with E-state index in [1.807, 2.05) is 24.3 Å². The lowest BCUT2D eigenvalue weighted by Crippen LogP contribution is -1.85. The Balaban J connectivity index is 2.54. The van der Waals surface area contributed by atoms with Gasteiger partial charge in [0.05, 0.1) is 16.9 Å². The predicted molar refractivity (Wildman–Crippen MR) is 40.3 cm³/mol. The first kappa shape index (κ1) is 5.86. The summed E-state index contributed by atoms with van der Waals surface area (Å²) in [5.74, 6) is 0. The summed E-state index contributed by atoms with van der Waals surface area (Å²) in [6.45, 7) is 0. The van der Waals surface area contributed by atoms with Gasteiger partial charge in [-0.05, 0) is 6.07 Å². The van der Waals surface area contributed by atoms with E-state index in [0.29, 0.717) is 0 Å². The Bertz CT molecular complexity index is 268. The molecule has 1 aromatic carbocycles. The molecule has 2 rings (SSSR count). The highest BCUT2D eigenvalue weighted by molar-refractivity contribution is 7.94. The van der Waals surface area contributed by atoms with E-state index in [4.69, 9.17) is 4.18 Å². The predicted octanol–water partition coefficient (Wildman–Crippen LogP) is 2.39. The van der Waals surface area contributed by atoms with Crippen molar-refractivity contribution in [1.29, 1.82) is 0 Å². The topological polar surface area (TPSA) is 9.23 Å². The fraction of sp³-hybridized carbons (Fsp3) is 0. The second kappa shape index (κ2) is 2.39. The van der Waals surface area contributed by atoms with Gasteiger partial charge in [-0.2, -0.15) is 0 Å². The summed E-state index contributed by atoms with van der Waals surface area (Å²) in [4.78, 5) is 1.13. The minimum absolute atomic E-state index is 1.11. The van der Waals surface area contributed by atoms with Crippen LogP contribution < -0.4 is 0 Å². The van der Waals surface area contributed by atoms with Gasteiger partial charge in [0.1, 0.15) is 6.26 Å². The fourth-order valence-corrected chi connectivity index (χ4v) is 1.37. The van der Waals surface area contributed by atoms with Crippen molar-refractivity contribution < 1.29 is 4.18 Å². The van der Waals surface area contributed by atoms with E-state index in [9.17, 15) is 0 Å². The molecule has 0 amide bonds. The van der Waals surface area contributed by atoms with E-state index in [2.05, 4.69) is 6.08 Å². The largest absolute Gasteiger partial charge is 0.428 e. The van der Waals surface area contributed by atoms with Crippen molar-refractivity contribution >= 4 is 12.0 Å². The third kappa shape index (κ3) is 0.907. The molecule has 0 aliphatic carbocycles. The Kier molecular flexibility index (Phi) is 1.40. The van der Waals surface area contributed by atoms with E-state index in [1.54, 1.807) is 6.26 Å². The number of fused-ring (bicyclic) bond motifs is 1. The molecule has 0 spiro atoms. The lowest BCUT2D eigenvalue weighted by atomic mass is 10.2. The quantitative estimate of drug-likeness (QED) is 0.524. The van der Waals surface area contributed by atoms with Crippen LogP contribution in [-0.2, 0) is 4.18 Å². The summed E-state index contributed by atoms with van der Waals surface area (Å²) in [5, 5.41) is 0. The Morgan fingerprint density at radius 1 is 1.30 bits per heavy atom. The number of hydrogen-bond acceptors (Lipinski definition) is 2. The van der Waals surface area contributed by atoms with E-state index < -0.39 is 0 Å². The van der Waals surface area contributed by atoms with Crippen LogP contribution in [-0.4, -0.2) is 0 Å². The second-order valence-electron chi connectivity index (χ2n) is 1.94. The summed E-state index contributed by atoms with van der Waals surface area (Å²) in [7, 11) is 0. The SMILES string of the molecule is [C]1=COSc2ccccc21. The van der Waals surface area contributed by atoms with Crippen molar-refractivity contribution in [3.63, 3.8) is 0 Å². The molecule has 2 heteroatoms. The first-order valence-corrected chi connectivity index (χ1v) is 3.71. The van der Waals surface area contributed by atoms with E-state index in [-0.39, 0.29) is 0 Å². The van der Waals surface area contributed by atoms with E-state index in [0.717, 1.165) is 10.5 Å². The van der Waals surface area contributed by atoms with Crippen LogP contribution in [0.1, 0.15) is 5.56 Å². The van der Waals surface area contributed by atoms with Crippen molar-refractivity contribution in [2.24, 2.45) is 0 Å². The maximum Gasteiger partial charge on any atom is 0.110 e. The molecule has 1 heterocycles. The van der Waals surface area contributed by atoms with Crippen LogP contribution in [0, 0.1) is 6.08 Å². The lowest BCUT2D eigenvalue weighted by Gasteiger charge is -2.06. The summed E-state index contributed by atoms with van der Waals surface area (Å²) < 4.78 is 4.98. The summed E-state index contributed by atoms with van der Waals surface area (Å²) in [6, 6.07) is 8.01. The van der Waals surface area contributed by atoms with E-state index in [1.165, 1.54) is 12.0 Å². The van der Waals surface area contributed by atoms with Gasteiger partial charge >= 0.3 is 0 Å². The smallest absolute Gasteiger partial charge is 0.110 e. The minimum Gasteiger partial charge on any atom is -0.428 e. The van der Waals surface area contributed by atoms with Crippen LogP contribution in [0.3, 0.4) is 0 Å². The van der Waals surface area contributed by atoms with Gasteiger partial charge < -0.3 is 4.18 Å². The number of benzene rings is 1. The highest BCUT2D eigenvalue weighted by Crippen LogP contribution is 2.27. The summed E-state index contributed by atoms with van der Waals surface area (Å²) in [5.41, 5.74) is 1.11. The van der Waals surface area contributed by atoms with Gasteiger partial charge in [-0.1, -0.05) is 18.2 Å². The minimum atomic E-state index is 1.11. The first-order valence-electron chi connectivity index (χ1n) is 2.97. The summed E-state index contributed by atoms with van der Waals surface area (Å²) >= 11 is 1.37. The molecular weight excluding hydrogens is 144 g/mol. The average Bonchev–Trinajstić information content (AvgIpc) is 2.05.